The zero-order valence-corrected chi connectivity index (χ0v) is 23.7. The minimum absolute atomic E-state index is 0.154. The molecule has 10 nitrogen and oxygen atoms in total. The van der Waals surface area contributed by atoms with E-state index in [4.69, 9.17) is 9.47 Å². The number of hydrogen-bond donors (Lipinski definition) is 2. The minimum Gasteiger partial charge on any atom is -0.497 e. The van der Waals surface area contributed by atoms with Crippen molar-refractivity contribution < 1.29 is 19.1 Å². The van der Waals surface area contributed by atoms with Crippen LogP contribution >= 0.6 is 0 Å². The quantitative estimate of drug-likeness (QED) is 0.272. The second-order valence-electron chi connectivity index (χ2n) is 10.4. The van der Waals surface area contributed by atoms with E-state index in [1.165, 1.54) is 0 Å². The van der Waals surface area contributed by atoms with E-state index in [1.54, 1.807) is 26.4 Å². The summed E-state index contributed by atoms with van der Waals surface area (Å²) in [5, 5.41) is 23.0. The number of methoxy groups -OCH3 is 2. The van der Waals surface area contributed by atoms with E-state index < -0.39 is 0 Å². The molecule has 0 aliphatic heterocycles. The SMILES string of the molecule is COc1ccc(CC(=O)Nc2ccc([C@H]3CCC[C@H](c4ccc(NC(=O)Cc5ccc(OC)cc5)nn4)C3)nn2)cc1. The third kappa shape index (κ3) is 7.66. The van der Waals surface area contributed by atoms with Crippen LogP contribution in [-0.2, 0) is 22.4 Å². The largest absolute Gasteiger partial charge is 0.497 e. The Bertz CT molecular complexity index is 1360. The number of nitrogens with one attached hydrogen (secondary N) is 2. The van der Waals surface area contributed by atoms with E-state index in [0.717, 1.165) is 59.7 Å². The van der Waals surface area contributed by atoms with Crippen LogP contribution < -0.4 is 20.1 Å². The number of benzene rings is 2. The average Bonchev–Trinajstić information content (AvgIpc) is 3.02. The Labute approximate surface area is 244 Å². The topological polar surface area (TPSA) is 128 Å². The van der Waals surface area contributed by atoms with Crippen molar-refractivity contribution in [3.8, 4) is 11.5 Å². The maximum Gasteiger partial charge on any atom is 0.229 e. The third-order valence-corrected chi connectivity index (χ3v) is 7.46. The predicted octanol–water partition coefficient (Wildman–Crippen LogP) is 5.09. The second kappa shape index (κ2) is 13.7. The molecule has 1 fully saturated rings. The van der Waals surface area contributed by atoms with Gasteiger partial charge in [-0.05, 0) is 78.9 Å². The Morgan fingerprint density at radius 3 is 1.43 bits per heavy atom. The van der Waals surface area contributed by atoms with Gasteiger partial charge in [-0.2, -0.15) is 10.2 Å². The maximum atomic E-state index is 12.5. The summed E-state index contributed by atoms with van der Waals surface area (Å²) in [6.07, 6.45) is 4.44. The van der Waals surface area contributed by atoms with Crippen molar-refractivity contribution >= 4 is 23.5 Å². The van der Waals surface area contributed by atoms with Crippen molar-refractivity contribution in [1.82, 2.24) is 20.4 Å². The summed E-state index contributed by atoms with van der Waals surface area (Å²) in [5.41, 5.74) is 3.59. The van der Waals surface area contributed by atoms with Crippen LogP contribution in [0.15, 0.2) is 72.8 Å². The highest BCUT2D eigenvalue weighted by atomic mass is 16.5. The molecule has 2 aromatic heterocycles. The Morgan fingerprint density at radius 1 is 0.643 bits per heavy atom. The maximum absolute atomic E-state index is 12.5. The standard InChI is InChI=1S/C32H34N6O4/c1-41-25-10-6-21(7-11-25)18-31(39)33-29-16-14-27(35-37-29)23-4-3-5-24(20-23)28-15-17-30(38-36-28)34-32(40)19-22-8-12-26(42-2)13-9-22/h6-17,23-24H,3-5,18-20H2,1-2H3,(H,33,37,39)(H,34,38,40)/t23-,24-/m0/s1. The molecule has 42 heavy (non-hydrogen) atoms. The molecule has 10 heteroatoms. The van der Waals surface area contributed by atoms with Crippen molar-refractivity contribution in [3.63, 3.8) is 0 Å². The normalized spacial score (nSPS) is 16.3. The Hall–Kier alpha value is -4.86. The molecule has 1 saturated carbocycles. The summed E-state index contributed by atoms with van der Waals surface area (Å²) in [6, 6.07) is 22.3. The van der Waals surface area contributed by atoms with Crippen molar-refractivity contribution in [3.05, 3.63) is 95.3 Å². The first-order chi connectivity index (χ1) is 20.5. The van der Waals surface area contributed by atoms with Gasteiger partial charge in [-0.1, -0.05) is 30.7 Å². The number of anilines is 2. The number of amides is 2. The number of nitrogens with zero attached hydrogens (tertiary/aromatic N) is 4. The number of carbonyl (C=O) groups is 2. The smallest absolute Gasteiger partial charge is 0.229 e. The number of rotatable bonds is 10. The van der Waals surface area contributed by atoms with E-state index in [0.29, 0.717) is 11.6 Å². The molecule has 1 aliphatic rings. The molecule has 216 valence electrons. The molecule has 2 amide bonds. The second-order valence-corrected chi connectivity index (χ2v) is 10.4. The number of aromatic nitrogens is 4. The monoisotopic (exact) mass is 566 g/mol. The highest BCUT2D eigenvalue weighted by Gasteiger charge is 2.27. The summed E-state index contributed by atoms with van der Waals surface area (Å²) in [4.78, 5) is 24.9. The van der Waals surface area contributed by atoms with Gasteiger partial charge in [0.05, 0.1) is 38.4 Å². The first-order valence-corrected chi connectivity index (χ1v) is 14.0. The molecular formula is C32H34N6O4. The van der Waals surface area contributed by atoms with Crippen LogP contribution in [0.5, 0.6) is 11.5 Å². The van der Waals surface area contributed by atoms with Crippen molar-refractivity contribution in [1.29, 1.82) is 0 Å². The fraction of sp³-hybridized carbons (Fsp3) is 0.312. The van der Waals surface area contributed by atoms with Crippen molar-refractivity contribution in [2.45, 2.75) is 50.4 Å². The first-order valence-electron chi connectivity index (χ1n) is 14.0. The summed E-state index contributed by atoms with van der Waals surface area (Å²) >= 11 is 0. The number of ether oxygens (including phenoxy) is 2. The summed E-state index contributed by atoms with van der Waals surface area (Å²) in [6.45, 7) is 0. The fourth-order valence-electron chi connectivity index (χ4n) is 5.21. The first kappa shape index (κ1) is 28.7. The Morgan fingerprint density at radius 2 is 1.07 bits per heavy atom. The van der Waals surface area contributed by atoms with Gasteiger partial charge in [0.1, 0.15) is 11.5 Å². The van der Waals surface area contributed by atoms with Gasteiger partial charge in [0.2, 0.25) is 11.8 Å². The summed E-state index contributed by atoms with van der Waals surface area (Å²) in [5.74, 6) is 2.54. The summed E-state index contributed by atoms with van der Waals surface area (Å²) < 4.78 is 10.3. The van der Waals surface area contributed by atoms with E-state index in [2.05, 4.69) is 31.0 Å². The molecule has 2 atom stereocenters. The third-order valence-electron chi connectivity index (χ3n) is 7.46. The van der Waals surface area contributed by atoms with Crippen LogP contribution in [0.4, 0.5) is 11.6 Å². The highest BCUT2D eigenvalue weighted by molar-refractivity contribution is 5.91. The lowest BCUT2D eigenvalue weighted by Gasteiger charge is -2.28. The summed E-state index contributed by atoms with van der Waals surface area (Å²) in [7, 11) is 3.22. The molecule has 0 radical (unpaired) electrons. The van der Waals surface area contributed by atoms with Gasteiger partial charge in [-0.15, -0.1) is 10.2 Å². The van der Waals surface area contributed by atoms with E-state index in [9.17, 15) is 9.59 Å². The van der Waals surface area contributed by atoms with E-state index >= 15 is 0 Å². The van der Waals surface area contributed by atoms with E-state index in [1.807, 2.05) is 60.7 Å². The van der Waals surface area contributed by atoms with E-state index in [-0.39, 0.29) is 36.5 Å². The molecule has 4 aromatic rings. The Balaban J connectivity index is 1.12. The minimum atomic E-state index is -0.154. The van der Waals surface area contributed by atoms with Crippen LogP contribution in [-0.4, -0.2) is 46.4 Å². The molecule has 2 heterocycles. The van der Waals surface area contributed by atoms with Gasteiger partial charge in [0.15, 0.2) is 11.6 Å². The van der Waals surface area contributed by atoms with Crippen LogP contribution in [0.1, 0.15) is 60.0 Å². The Kier molecular flexibility index (Phi) is 9.33. The van der Waals surface area contributed by atoms with Crippen molar-refractivity contribution in [2.75, 3.05) is 24.9 Å². The average molecular weight is 567 g/mol. The van der Waals surface area contributed by atoms with Gasteiger partial charge in [-0.3, -0.25) is 9.59 Å². The number of hydrogen-bond acceptors (Lipinski definition) is 8. The molecule has 2 aromatic carbocycles. The predicted molar refractivity (Wildman–Crippen MR) is 159 cm³/mol. The van der Waals surface area contributed by atoms with Gasteiger partial charge < -0.3 is 20.1 Å². The van der Waals surface area contributed by atoms with Gasteiger partial charge >= 0.3 is 0 Å². The highest BCUT2D eigenvalue weighted by Crippen LogP contribution is 2.40. The van der Waals surface area contributed by atoms with Gasteiger partial charge in [0.25, 0.3) is 0 Å². The zero-order chi connectivity index (χ0) is 29.3. The van der Waals surface area contributed by atoms with Crippen LogP contribution in [0.3, 0.4) is 0 Å². The molecule has 0 spiro atoms. The molecule has 0 unspecified atom stereocenters. The molecule has 0 bridgehead atoms. The molecule has 2 N–H and O–H groups in total. The fourth-order valence-corrected chi connectivity index (χ4v) is 5.21. The number of carbonyl (C=O) groups excluding carboxylic acids is 2. The van der Waals surface area contributed by atoms with Crippen molar-refractivity contribution in [2.24, 2.45) is 0 Å². The molecular weight excluding hydrogens is 532 g/mol. The van der Waals surface area contributed by atoms with Crippen LogP contribution in [0.25, 0.3) is 0 Å². The lowest BCUT2D eigenvalue weighted by Crippen LogP contribution is -2.18. The van der Waals surface area contributed by atoms with Crippen LogP contribution in [0.2, 0.25) is 0 Å². The zero-order valence-electron chi connectivity index (χ0n) is 23.7. The molecule has 5 rings (SSSR count). The lowest BCUT2D eigenvalue weighted by atomic mass is 9.78. The molecule has 1 aliphatic carbocycles. The van der Waals surface area contributed by atoms with Gasteiger partial charge in [0, 0.05) is 11.8 Å². The lowest BCUT2D eigenvalue weighted by molar-refractivity contribution is -0.116. The molecule has 0 saturated heterocycles. The van der Waals surface area contributed by atoms with Gasteiger partial charge in [-0.25, -0.2) is 0 Å². The van der Waals surface area contributed by atoms with Crippen LogP contribution in [0, 0.1) is 0 Å².